The van der Waals surface area contributed by atoms with E-state index in [9.17, 15) is 67.0 Å². The summed E-state index contributed by atoms with van der Waals surface area (Å²) in [6.07, 6.45) is -12.4. The number of phosphoric acid groups is 4. The lowest BCUT2D eigenvalue weighted by Crippen LogP contribution is -2.42. The number of nitrogens with two attached hydrogens (primary N) is 4. The van der Waals surface area contributed by atoms with Gasteiger partial charge in [-0.3, -0.25) is 84.1 Å². The van der Waals surface area contributed by atoms with E-state index in [4.69, 9.17) is 78.3 Å². The largest absolute Gasteiger partial charge is 0.472 e. The molecule has 18 N–H and O–H groups in total. The topological polar surface area (TPSA) is 693 Å². The Balaban J connectivity index is 0.697. The molecule has 4 fully saturated rings. The van der Waals surface area contributed by atoms with Crippen molar-refractivity contribution in [2.75, 3.05) is 67.9 Å². The zero-order valence-corrected chi connectivity index (χ0v) is 60.3. The van der Waals surface area contributed by atoms with Crippen molar-refractivity contribution in [1.82, 2.24) is 78.1 Å². The number of anilines is 5. The molecule has 8 aromatic heterocycles. The third-order valence-electron chi connectivity index (χ3n) is 17.7. The monoisotopic (exact) mass is 1610 g/mol. The van der Waals surface area contributed by atoms with Crippen LogP contribution >= 0.6 is 31.3 Å². The van der Waals surface area contributed by atoms with E-state index in [-0.39, 0.29) is 86.8 Å². The van der Waals surface area contributed by atoms with Crippen LogP contribution in [0.2, 0.25) is 0 Å². The molecule has 4 aliphatic rings. The lowest BCUT2D eigenvalue weighted by atomic mass is 9.91. The molecule has 4 unspecified atom stereocenters. The number of hydrogen-bond donors (Lipinski definition) is 14. The molecule has 0 spiro atoms. The van der Waals surface area contributed by atoms with Gasteiger partial charge < -0.3 is 81.5 Å². The number of amides is 1. The number of aromatic nitrogens is 16. The van der Waals surface area contributed by atoms with Crippen LogP contribution in [0.5, 0.6) is 0 Å². The molecule has 0 aliphatic carbocycles. The van der Waals surface area contributed by atoms with Crippen LogP contribution in [0.4, 0.5) is 40.7 Å². The number of carbonyl (C=O) groups excluding carboxylic acids is 1. The number of azo groups is 1. The number of nitrogens with one attached hydrogen (secondary N) is 4. The molecule has 586 valence electrons. The minimum atomic E-state index is -5.51. The molecular formula is C57H67N23O26P4. The molecule has 0 saturated carbocycles. The van der Waals surface area contributed by atoms with E-state index in [0.29, 0.717) is 11.4 Å². The van der Waals surface area contributed by atoms with Crippen LogP contribution in [0.25, 0.3) is 44.7 Å². The standard InChI is InChI=1S/C57H67N23O26P4/c1-57(53(85)68-26-7-9-28(10-8-26)76-75-27-5-3-2-4-6-27,20-98-110(93,94)104-29-11-38(99-33(29)15-81)78-23-65-42-47(78)69-54(59)72-50(42)82)19-95-16-34-31(13-39(100-34)79-24-66-43-48(79)70-55(60)73-51(43)83)105-108(89,90)97-18-36-32(14-40(102-36)80-25-67-44-49(80)71-56(61)74-52(44)84)106-109(91,92)96-17-35-30(103-107(86,87)88)12-37(101-35)77-22-64-41-45(58)62-21-63-46(41)77/h2-10,21-25,29-40,81H,11-20H2,1H3,(H,68,85)(H,89,90)(H,91,92)(H,93,94)(H2,58,62,63)(H2,86,87,88)(H3,59,69,72,82)(H3,60,70,73,83)(H3,61,71,74,84)/t29-,30-,31-,32-,33+,34+,35+,36+,37+,38+,39+,40+,57?/m0/s1. The minimum Gasteiger partial charge on any atom is -0.394 e. The predicted molar refractivity (Wildman–Crippen MR) is 372 cm³/mol. The molecule has 12 heterocycles. The van der Waals surface area contributed by atoms with Crippen LogP contribution in [0, 0.1) is 5.41 Å². The molecule has 49 nitrogen and oxygen atoms in total. The van der Waals surface area contributed by atoms with Gasteiger partial charge in [0.2, 0.25) is 23.8 Å². The van der Waals surface area contributed by atoms with Crippen LogP contribution in [-0.2, 0) is 78.4 Å². The van der Waals surface area contributed by atoms with E-state index in [2.05, 4.69) is 75.4 Å². The van der Waals surface area contributed by atoms with Crippen molar-refractivity contribution in [1.29, 1.82) is 0 Å². The number of carbonyl (C=O) groups is 1. The number of hydrogen-bond acceptors (Lipinski definition) is 36. The van der Waals surface area contributed by atoms with Crippen molar-refractivity contribution >= 4 is 123 Å². The normalized spacial score (nSPS) is 25.4. The highest BCUT2D eigenvalue weighted by atomic mass is 31.2. The number of aliphatic hydroxyl groups is 1. The predicted octanol–water partition coefficient (Wildman–Crippen LogP) is 1.76. The number of phosphoric ester groups is 4. The molecule has 0 bridgehead atoms. The molecule has 14 rings (SSSR count). The highest BCUT2D eigenvalue weighted by molar-refractivity contribution is 7.48. The summed E-state index contributed by atoms with van der Waals surface area (Å²) in [7, 11) is -21.5. The molecule has 4 aliphatic heterocycles. The Hall–Kier alpha value is -9.49. The maximum Gasteiger partial charge on any atom is 0.472 e. The van der Waals surface area contributed by atoms with Gasteiger partial charge in [-0.05, 0) is 43.3 Å². The second-order valence-corrected chi connectivity index (χ2v) is 30.9. The van der Waals surface area contributed by atoms with Crippen molar-refractivity contribution in [2.45, 2.75) is 106 Å². The first-order chi connectivity index (χ1) is 52.3. The fraction of sp³-hybridized carbons (Fsp3) is 0.421. The number of aromatic amines is 3. The van der Waals surface area contributed by atoms with Crippen molar-refractivity contribution in [3.8, 4) is 0 Å². The molecule has 1 amide bonds. The van der Waals surface area contributed by atoms with Crippen molar-refractivity contribution in [3.05, 3.63) is 117 Å². The van der Waals surface area contributed by atoms with Crippen molar-refractivity contribution in [2.24, 2.45) is 15.6 Å². The van der Waals surface area contributed by atoms with Crippen LogP contribution in [-0.4, -0.2) is 202 Å². The molecule has 53 heteroatoms. The number of imidazole rings is 4. The highest BCUT2D eigenvalue weighted by Crippen LogP contribution is 2.54. The first kappa shape index (κ1) is 77.2. The summed E-state index contributed by atoms with van der Waals surface area (Å²) in [5.41, 5.74) is 20.0. The van der Waals surface area contributed by atoms with Gasteiger partial charge in [-0.2, -0.15) is 25.2 Å². The fourth-order valence-electron chi connectivity index (χ4n) is 12.5. The summed E-state index contributed by atoms with van der Waals surface area (Å²) in [5, 5.41) is 21.5. The maximum atomic E-state index is 14.7. The Kier molecular flexibility index (Phi) is 21.8. The van der Waals surface area contributed by atoms with E-state index in [1.807, 2.05) is 6.07 Å². The molecule has 0 radical (unpaired) electrons. The van der Waals surface area contributed by atoms with Gasteiger partial charge in [0, 0.05) is 31.4 Å². The molecule has 2 aromatic carbocycles. The minimum absolute atomic E-state index is 0.00157. The zero-order chi connectivity index (χ0) is 77.8. The molecule has 4 saturated heterocycles. The molecule has 110 heavy (non-hydrogen) atoms. The van der Waals surface area contributed by atoms with Gasteiger partial charge in [0.1, 0.15) is 85.6 Å². The SMILES string of the molecule is CC(COC[C@H]1O[C@@H](n2cnc3c(=O)[nH]c(N)nc32)C[C@@H]1OP(=O)(O)OC[C@H]1O[C@@H](n2cnc3c(=O)[nH]c(N)nc32)C[C@@H]1OP(=O)(O)OC[C@H]1O[C@@H](n2cnc3c(N)ncnc32)C[C@@H]1OP(=O)(O)O)(COP(=O)(O)O[C@H]1C[C@H](n2cnc3c(=O)[nH]c(N)nc32)O[C@@H]1CO)C(=O)Nc1ccc(N=Nc2ccccc2)cc1. The zero-order valence-electron chi connectivity index (χ0n) is 56.7. The summed E-state index contributed by atoms with van der Waals surface area (Å²) in [6.45, 7) is -3.75. The van der Waals surface area contributed by atoms with Gasteiger partial charge in [0.25, 0.3) is 16.7 Å². The van der Waals surface area contributed by atoms with E-state index in [0.717, 1.165) is 19.0 Å². The van der Waals surface area contributed by atoms with Crippen molar-refractivity contribution < 1.29 is 108 Å². The third-order valence-corrected chi connectivity index (χ3v) is 21.3. The highest BCUT2D eigenvalue weighted by Gasteiger charge is 2.50. The Morgan fingerprint density at radius 1 is 0.527 bits per heavy atom. The number of nitrogen functional groups attached to an aromatic ring is 4. The van der Waals surface area contributed by atoms with Crippen LogP contribution in [0.3, 0.4) is 0 Å². The van der Waals surface area contributed by atoms with Gasteiger partial charge >= 0.3 is 31.3 Å². The molecular weight excluding hydrogens is 1550 g/mol. The Labute approximate surface area is 613 Å². The van der Waals surface area contributed by atoms with Crippen LogP contribution < -0.4 is 44.9 Å². The first-order valence-electron chi connectivity index (χ1n) is 32.8. The molecule has 16 atom stereocenters. The van der Waals surface area contributed by atoms with E-state index >= 15 is 0 Å². The Morgan fingerprint density at radius 2 is 0.927 bits per heavy atom. The Morgan fingerprint density at radius 3 is 1.38 bits per heavy atom. The quantitative estimate of drug-likeness (QED) is 0.0225. The van der Waals surface area contributed by atoms with Gasteiger partial charge in [-0.15, -0.1) is 0 Å². The smallest absolute Gasteiger partial charge is 0.394 e. The van der Waals surface area contributed by atoms with Crippen molar-refractivity contribution in [3.63, 3.8) is 0 Å². The number of benzene rings is 2. The molecule has 10 aromatic rings. The van der Waals surface area contributed by atoms with Gasteiger partial charge in [0.15, 0.2) is 45.0 Å². The van der Waals surface area contributed by atoms with Gasteiger partial charge in [-0.1, -0.05) is 18.2 Å². The first-order valence-corrected chi connectivity index (χ1v) is 38.8. The average Bonchev–Trinajstić information content (AvgIpc) is 1.64. The number of nitrogens with zero attached hydrogens (tertiary/aromatic N) is 15. The number of rotatable bonds is 30. The van der Waals surface area contributed by atoms with Crippen LogP contribution in [0.15, 0.2) is 111 Å². The second kappa shape index (κ2) is 31.0. The lowest BCUT2D eigenvalue weighted by molar-refractivity contribution is -0.133. The van der Waals surface area contributed by atoms with E-state index in [1.165, 1.54) is 50.0 Å². The number of fused-ring (bicyclic) bond motifs is 4. The van der Waals surface area contributed by atoms with E-state index in [1.54, 1.807) is 36.4 Å². The second-order valence-electron chi connectivity index (χ2n) is 25.5. The number of H-pyrrole nitrogens is 3. The van der Waals surface area contributed by atoms with Gasteiger partial charge in [-0.25, -0.2) is 48.2 Å². The summed E-state index contributed by atoms with van der Waals surface area (Å²) in [4.78, 5) is 151. The lowest BCUT2D eigenvalue weighted by Gasteiger charge is -2.30. The summed E-state index contributed by atoms with van der Waals surface area (Å²) >= 11 is 0. The Bertz CT molecular complexity index is 5510. The van der Waals surface area contributed by atoms with E-state index < -0.39 is 186 Å². The summed E-state index contributed by atoms with van der Waals surface area (Å²) in [5.74, 6) is -1.81. The number of aliphatic hydroxyl groups excluding tert-OH is 1. The van der Waals surface area contributed by atoms with Gasteiger partial charge in [0.05, 0.1) is 81.7 Å². The third kappa shape index (κ3) is 17.2. The van der Waals surface area contributed by atoms with Crippen LogP contribution in [0.1, 0.15) is 57.5 Å². The fourth-order valence-corrected chi connectivity index (χ4v) is 16.1. The average molecular weight is 1610 g/mol. The number of ether oxygens (including phenoxy) is 5. The summed E-state index contributed by atoms with van der Waals surface area (Å²) < 4.78 is 130. The maximum absolute atomic E-state index is 14.7. The summed E-state index contributed by atoms with van der Waals surface area (Å²) in [6, 6.07) is 14.9.